The van der Waals surface area contributed by atoms with Gasteiger partial charge in [0, 0.05) is 12.6 Å². The van der Waals surface area contributed by atoms with E-state index >= 15 is 0 Å². The van der Waals surface area contributed by atoms with Crippen LogP contribution in [0, 0.1) is 0 Å². The van der Waals surface area contributed by atoms with E-state index in [4.69, 9.17) is 0 Å². The number of hydrogen-bond donors (Lipinski definition) is 1. The lowest BCUT2D eigenvalue weighted by molar-refractivity contribution is 0.265. The van der Waals surface area contributed by atoms with Crippen LogP contribution < -0.4 is 10.9 Å². The van der Waals surface area contributed by atoms with Gasteiger partial charge in [-0.25, -0.2) is 4.99 Å². The maximum absolute atomic E-state index is 12.7. The summed E-state index contributed by atoms with van der Waals surface area (Å²) in [7, 11) is 1.75. The number of carbonyl (C=O) groups excluding carboxylic acids is 1. The van der Waals surface area contributed by atoms with Crippen LogP contribution in [-0.4, -0.2) is 15.6 Å². The fourth-order valence-corrected chi connectivity index (χ4v) is 3.56. The normalized spacial score (nSPS) is 17.2. The second kappa shape index (κ2) is 6.65. The molecule has 128 valence electrons. The van der Waals surface area contributed by atoms with Gasteiger partial charge in [0.15, 0.2) is 0 Å². The zero-order valence-electron chi connectivity index (χ0n) is 14.0. The average molecular weight is 361 g/mol. The van der Waals surface area contributed by atoms with Crippen molar-refractivity contribution in [2.75, 3.05) is 0 Å². The summed E-state index contributed by atoms with van der Waals surface area (Å²) < 4.78 is 1.62. The molecular formula is C20H15N3O2S. The molecule has 1 aliphatic heterocycles. The minimum absolute atomic E-state index is 0.116. The highest BCUT2D eigenvalue weighted by Gasteiger charge is 2.24. The third-order valence-electron chi connectivity index (χ3n) is 4.10. The molecule has 0 unspecified atom stereocenters. The molecule has 0 saturated carbocycles. The van der Waals surface area contributed by atoms with Gasteiger partial charge in [0.05, 0.1) is 16.1 Å². The summed E-state index contributed by atoms with van der Waals surface area (Å²) in [5.74, 6) is 0.460. The Labute approximate surface area is 154 Å². The Kier molecular flexibility index (Phi) is 4.18. The Morgan fingerprint density at radius 2 is 1.77 bits per heavy atom. The van der Waals surface area contributed by atoms with Gasteiger partial charge in [0.1, 0.15) is 5.84 Å². The smallest absolute Gasteiger partial charge is 0.289 e. The minimum Gasteiger partial charge on any atom is -0.311 e. The average Bonchev–Trinajstić information content (AvgIpc) is 2.99. The number of rotatable bonds is 2. The standard InChI is InChI=1S/C20H15N3O2S/c1-23-16-10-6-5-7-13(16)11-14(19(23)24)12-17-18(22-20(25)26-17)21-15-8-3-2-4-9-15/h2-12H,1H3,(H,21,22,25)/b17-12-. The number of fused-ring (bicyclic) bond motifs is 1. The number of aryl methyl sites for hydroxylation is 1. The molecule has 6 heteroatoms. The molecule has 4 rings (SSSR count). The first-order valence-corrected chi connectivity index (χ1v) is 8.87. The highest BCUT2D eigenvalue weighted by Crippen LogP contribution is 2.28. The van der Waals surface area contributed by atoms with Gasteiger partial charge in [0.25, 0.3) is 10.8 Å². The summed E-state index contributed by atoms with van der Waals surface area (Å²) in [6, 6.07) is 18.9. The Morgan fingerprint density at radius 1 is 1.04 bits per heavy atom. The van der Waals surface area contributed by atoms with Crippen molar-refractivity contribution in [3.63, 3.8) is 0 Å². The molecule has 0 radical (unpaired) electrons. The van der Waals surface area contributed by atoms with Crippen LogP contribution in [0.25, 0.3) is 17.0 Å². The molecule has 0 spiro atoms. The highest BCUT2D eigenvalue weighted by molar-refractivity contribution is 8.18. The van der Waals surface area contributed by atoms with Gasteiger partial charge in [-0.3, -0.25) is 9.59 Å². The summed E-state index contributed by atoms with van der Waals surface area (Å²) in [6.07, 6.45) is 1.72. The number of thioether (sulfide) groups is 1. The van der Waals surface area contributed by atoms with E-state index in [1.54, 1.807) is 17.7 Å². The van der Waals surface area contributed by atoms with Gasteiger partial charge in [0.2, 0.25) is 0 Å². The van der Waals surface area contributed by atoms with Gasteiger partial charge < -0.3 is 9.88 Å². The first kappa shape index (κ1) is 16.4. The number of para-hydroxylation sites is 2. The van der Waals surface area contributed by atoms with Crippen molar-refractivity contribution >= 4 is 45.5 Å². The molecule has 2 aromatic carbocycles. The predicted molar refractivity (Wildman–Crippen MR) is 107 cm³/mol. The van der Waals surface area contributed by atoms with Crippen LogP contribution in [0.1, 0.15) is 5.56 Å². The maximum Gasteiger partial charge on any atom is 0.289 e. The van der Waals surface area contributed by atoms with E-state index in [1.165, 1.54) is 0 Å². The van der Waals surface area contributed by atoms with Crippen molar-refractivity contribution < 1.29 is 4.79 Å². The third-order valence-corrected chi connectivity index (χ3v) is 4.92. The first-order valence-electron chi connectivity index (χ1n) is 8.05. The number of nitrogens with one attached hydrogen (secondary N) is 1. The lowest BCUT2D eigenvalue weighted by Crippen LogP contribution is -2.20. The summed E-state index contributed by atoms with van der Waals surface area (Å²) >= 11 is 1.04. The molecule has 5 nitrogen and oxygen atoms in total. The van der Waals surface area contributed by atoms with E-state index in [-0.39, 0.29) is 10.8 Å². The number of aromatic nitrogens is 1. The fraction of sp³-hybridized carbons (Fsp3) is 0.0500. The minimum atomic E-state index is -0.205. The fourth-order valence-electron chi connectivity index (χ4n) is 2.84. The second-order valence-corrected chi connectivity index (χ2v) is 6.86. The van der Waals surface area contributed by atoms with Gasteiger partial charge in [-0.1, -0.05) is 36.4 Å². The summed E-state index contributed by atoms with van der Waals surface area (Å²) in [4.78, 5) is 29.7. The largest absolute Gasteiger partial charge is 0.311 e. The number of benzene rings is 2. The summed E-state index contributed by atoms with van der Waals surface area (Å²) in [5.41, 5.74) is 2.01. The quantitative estimate of drug-likeness (QED) is 0.748. The number of nitrogens with zero attached hydrogens (tertiary/aromatic N) is 2. The molecule has 1 N–H and O–H groups in total. The molecule has 0 atom stereocenters. The zero-order chi connectivity index (χ0) is 18.1. The summed E-state index contributed by atoms with van der Waals surface area (Å²) in [5, 5.41) is 3.50. The molecule has 1 fully saturated rings. The van der Waals surface area contributed by atoms with Crippen LogP contribution in [0.3, 0.4) is 0 Å². The van der Waals surface area contributed by atoms with E-state index in [2.05, 4.69) is 10.3 Å². The molecule has 2 heterocycles. The second-order valence-electron chi connectivity index (χ2n) is 5.84. The maximum atomic E-state index is 12.7. The van der Waals surface area contributed by atoms with Crippen LogP contribution in [0.4, 0.5) is 10.5 Å². The number of hydrogen-bond acceptors (Lipinski definition) is 4. The lowest BCUT2D eigenvalue weighted by atomic mass is 10.1. The van der Waals surface area contributed by atoms with Gasteiger partial charge >= 0.3 is 0 Å². The van der Waals surface area contributed by atoms with Crippen LogP contribution in [0.2, 0.25) is 0 Å². The van der Waals surface area contributed by atoms with Crippen molar-refractivity contribution in [1.29, 1.82) is 0 Å². The van der Waals surface area contributed by atoms with Gasteiger partial charge in [-0.05, 0) is 47.5 Å². The highest BCUT2D eigenvalue weighted by atomic mass is 32.2. The van der Waals surface area contributed by atoms with E-state index in [1.807, 2.05) is 60.7 Å². The lowest BCUT2D eigenvalue weighted by Gasteiger charge is -2.07. The predicted octanol–water partition coefficient (Wildman–Crippen LogP) is 4.07. The van der Waals surface area contributed by atoms with Crippen molar-refractivity contribution in [3.8, 4) is 0 Å². The van der Waals surface area contributed by atoms with Gasteiger partial charge in [-0.2, -0.15) is 0 Å². The van der Waals surface area contributed by atoms with E-state index in [9.17, 15) is 9.59 Å². The molecule has 1 amide bonds. The van der Waals surface area contributed by atoms with Crippen molar-refractivity contribution in [2.45, 2.75) is 0 Å². The molecule has 1 aliphatic rings. The van der Waals surface area contributed by atoms with Crippen LogP contribution in [0.15, 0.2) is 75.4 Å². The molecule has 0 aliphatic carbocycles. The monoisotopic (exact) mass is 361 g/mol. The van der Waals surface area contributed by atoms with Crippen molar-refractivity contribution in [1.82, 2.24) is 9.88 Å². The Bertz CT molecular complexity index is 1130. The number of aliphatic imine (C=N–C) groups is 1. The van der Waals surface area contributed by atoms with E-state index in [0.29, 0.717) is 16.3 Å². The zero-order valence-corrected chi connectivity index (χ0v) is 14.8. The summed E-state index contributed by atoms with van der Waals surface area (Å²) in [6.45, 7) is 0. The molecule has 0 bridgehead atoms. The molecule has 1 aromatic heterocycles. The Balaban J connectivity index is 1.83. The number of carbonyl (C=O) groups is 1. The van der Waals surface area contributed by atoms with Crippen LogP contribution in [-0.2, 0) is 7.05 Å². The van der Waals surface area contributed by atoms with Crippen molar-refractivity contribution in [2.24, 2.45) is 12.0 Å². The third kappa shape index (κ3) is 3.07. The van der Waals surface area contributed by atoms with Crippen LogP contribution in [0.5, 0.6) is 0 Å². The molecule has 26 heavy (non-hydrogen) atoms. The number of amidine groups is 1. The van der Waals surface area contributed by atoms with E-state index < -0.39 is 0 Å². The van der Waals surface area contributed by atoms with Crippen molar-refractivity contribution in [3.05, 3.63) is 81.5 Å². The van der Waals surface area contributed by atoms with E-state index in [0.717, 1.165) is 28.4 Å². The SMILES string of the molecule is Cn1c(=O)c(/C=C2\SC(=O)NC2=Nc2ccccc2)cc2ccccc21. The van der Waals surface area contributed by atoms with Gasteiger partial charge in [-0.15, -0.1) is 0 Å². The Hall–Kier alpha value is -3.12. The first-order chi connectivity index (χ1) is 12.6. The number of amides is 1. The van der Waals surface area contributed by atoms with Crippen LogP contribution >= 0.6 is 11.8 Å². The molecular weight excluding hydrogens is 346 g/mol. The topological polar surface area (TPSA) is 63.5 Å². The number of pyridine rings is 1. The molecule has 3 aromatic rings. The molecule has 1 saturated heterocycles. The Morgan fingerprint density at radius 3 is 2.58 bits per heavy atom.